The van der Waals surface area contributed by atoms with Crippen molar-refractivity contribution >= 4 is 5.91 Å². The molecule has 1 aromatic heterocycles. The monoisotopic (exact) mass is 231 g/mol. The Morgan fingerprint density at radius 2 is 2.18 bits per heavy atom. The van der Waals surface area contributed by atoms with Gasteiger partial charge in [0, 0.05) is 0 Å². The number of amides is 1. The summed E-state index contributed by atoms with van der Waals surface area (Å²) in [6, 6.07) is 1.73. The van der Waals surface area contributed by atoms with Gasteiger partial charge in [0.25, 0.3) is 5.91 Å². The summed E-state index contributed by atoms with van der Waals surface area (Å²) < 4.78 is 0. The number of nitrogens with one attached hydrogen (secondary N) is 1. The molecular weight excluding hydrogens is 214 g/mol. The van der Waals surface area contributed by atoms with E-state index in [1.165, 1.54) is 0 Å². The van der Waals surface area contributed by atoms with Crippen LogP contribution in [-0.4, -0.2) is 21.6 Å². The van der Waals surface area contributed by atoms with E-state index in [0.717, 1.165) is 0 Å². The summed E-state index contributed by atoms with van der Waals surface area (Å²) in [5.41, 5.74) is 1.27. The summed E-state index contributed by atoms with van der Waals surface area (Å²) in [6.07, 6.45) is 6.00. The molecule has 1 heterocycles. The second-order valence-corrected chi connectivity index (χ2v) is 4.42. The number of rotatable bonds is 3. The molecule has 90 valence electrons. The average Bonchev–Trinajstić information content (AvgIpc) is 2.28. The summed E-state index contributed by atoms with van der Waals surface area (Å²) in [5.74, 6) is 2.32. The zero-order valence-corrected chi connectivity index (χ0v) is 10.7. The van der Waals surface area contributed by atoms with Crippen molar-refractivity contribution < 1.29 is 4.79 Å². The minimum atomic E-state index is -0.667. The van der Waals surface area contributed by atoms with Crippen molar-refractivity contribution in [3.8, 4) is 12.3 Å². The lowest BCUT2D eigenvalue weighted by molar-refractivity contribution is 0.0928. The summed E-state index contributed by atoms with van der Waals surface area (Å²) in [5, 5.41) is 10.7. The first-order valence-electron chi connectivity index (χ1n) is 5.53. The van der Waals surface area contributed by atoms with Crippen LogP contribution in [0.25, 0.3) is 0 Å². The molecule has 0 radical (unpaired) electrons. The number of nitrogens with zero attached hydrogens (tertiary/aromatic N) is 2. The van der Waals surface area contributed by atoms with Crippen LogP contribution >= 0.6 is 0 Å². The van der Waals surface area contributed by atoms with Gasteiger partial charge in [-0.2, -0.15) is 10.2 Å². The highest BCUT2D eigenvalue weighted by atomic mass is 16.1. The van der Waals surface area contributed by atoms with Gasteiger partial charge in [-0.1, -0.05) is 12.8 Å². The molecule has 17 heavy (non-hydrogen) atoms. The van der Waals surface area contributed by atoms with Gasteiger partial charge in [0.05, 0.1) is 22.5 Å². The molecule has 0 saturated carbocycles. The fourth-order valence-electron chi connectivity index (χ4n) is 1.36. The van der Waals surface area contributed by atoms with Crippen LogP contribution < -0.4 is 5.32 Å². The van der Waals surface area contributed by atoms with Gasteiger partial charge in [0.2, 0.25) is 0 Å². The van der Waals surface area contributed by atoms with Crippen LogP contribution in [-0.2, 0) is 6.42 Å². The van der Waals surface area contributed by atoms with E-state index >= 15 is 0 Å². The largest absolute Gasteiger partial charge is 0.336 e. The number of carbonyl (C=O) groups is 1. The van der Waals surface area contributed by atoms with Crippen LogP contribution in [0.3, 0.4) is 0 Å². The number of aromatic nitrogens is 2. The molecule has 0 aliphatic rings. The van der Waals surface area contributed by atoms with Crippen LogP contribution in [0.2, 0.25) is 0 Å². The molecule has 4 nitrogen and oxygen atoms in total. The van der Waals surface area contributed by atoms with Gasteiger partial charge in [-0.05, 0) is 33.3 Å². The molecule has 1 amide bonds. The first kappa shape index (κ1) is 13.2. The maximum absolute atomic E-state index is 12.1. The molecule has 4 heteroatoms. The first-order valence-corrected chi connectivity index (χ1v) is 5.53. The molecule has 0 spiro atoms. The van der Waals surface area contributed by atoms with Crippen molar-refractivity contribution in [2.45, 2.75) is 39.7 Å². The van der Waals surface area contributed by atoms with Crippen LogP contribution in [0.15, 0.2) is 6.07 Å². The number of hydrogen-bond donors (Lipinski definition) is 1. The van der Waals surface area contributed by atoms with E-state index in [0.29, 0.717) is 23.4 Å². The third kappa shape index (κ3) is 3.28. The normalized spacial score (nSPS) is 10.8. The highest BCUT2D eigenvalue weighted by molar-refractivity contribution is 5.96. The molecule has 0 atom stereocenters. The fourth-order valence-corrected chi connectivity index (χ4v) is 1.36. The lowest BCUT2D eigenvalue weighted by Gasteiger charge is -2.20. The Hall–Kier alpha value is -1.89. The predicted octanol–water partition coefficient (Wildman–Crippen LogP) is 1.49. The van der Waals surface area contributed by atoms with E-state index in [-0.39, 0.29) is 5.91 Å². The molecule has 1 aromatic rings. The third-order valence-electron chi connectivity index (χ3n) is 2.36. The smallest absolute Gasteiger partial charge is 0.254 e. The standard InChI is InChI=1S/C13H17N3O/c1-6-11-10(8-9(3)15-16-11)12(17)14-13(4,5)7-2/h2,8H,6H2,1,3-5H3,(H,14,17). The minimum Gasteiger partial charge on any atom is -0.336 e. The molecule has 0 unspecified atom stereocenters. The first-order chi connectivity index (χ1) is 7.89. The van der Waals surface area contributed by atoms with E-state index in [2.05, 4.69) is 21.4 Å². The molecule has 0 aromatic carbocycles. The maximum Gasteiger partial charge on any atom is 0.254 e. The van der Waals surface area contributed by atoms with Crippen molar-refractivity contribution in [2.24, 2.45) is 0 Å². The second-order valence-electron chi connectivity index (χ2n) is 4.42. The topological polar surface area (TPSA) is 54.9 Å². The highest BCUT2D eigenvalue weighted by Gasteiger charge is 2.20. The van der Waals surface area contributed by atoms with Crippen molar-refractivity contribution in [2.75, 3.05) is 0 Å². The van der Waals surface area contributed by atoms with Crippen molar-refractivity contribution in [3.63, 3.8) is 0 Å². The van der Waals surface area contributed by atoms with E-state index in [1.807, 2.05) is 6.92 Å². The SMILES string of the molecule is C#CC(C)(C)NC(=O)c1cc(C)nnc1CC. The van der Waals surface area contributed by atoms with E-state index in [9.17, 15) is 4.79 Å². The van der Waals surface area contributed by atoms with Crippen molar-refractivity contribution in [1.29, 1.82) is 0 Å². The Labute approximate surface area is 102 Å². The van der Waals surface area contributed by atoms with Crippen molar-refractivity contribution in [1.82, 2.24) is 15.5 Å². The lowest BCUT2D eigenvalue weighted by atomic mass is 10.0. The molecule has 0 aliphatic carbocycles. The zero-order valence-electron chi connectivity index (χ0n) is 10.7. The highest BCUT2D eigenvalue weighted by Crippen LogP contribution is 2.09. The summed E-state index contributed by atoms with van der Waals surface area (Å²) in [6.45, 7) is 7.29. The average molecular weight is 231 g/mol. The molecule has 1 rings (SSSR count). The quantitative estimate of drug-likeness (QED) is 0.802. The van der Waals surface area contributed by atoms with Gasteiger partial charge in [0.1, 0.15) is 0 Å². The third-order valence-corrected chi connectivity index (χ3v) is 2.36. The molecule has 0 bridgehead atoms. The van der Waals surface area contributed by atoms with E-state index < -0.39 is 5.54 Å². The number of hydrogen-bond acceptors (Lipinski definition) is 3. The van der Waals surface area contributed by atoms with Gasteiger partial charge in [-0.3, -0.25) is 4.79 Å². The number of terminal acetylenes is 1. The van der Waals surface area contributed by atoms with Gasteiger partial charge < -0.3 is 5.32 Å². The zero-order chi connectivity index (χ0) is 13.1. The van der Waals surface area contributed by atoms with Gasteiger partial charge >= 0.3 is 0 Å². The van der Waals surface area contributed by atoms with Gasteiger partial charge in [-0.25, -0.2) is 0 Å². The summed E-state index contributed by atoms with van der Waals surface area (Å²) in [7, 11) is 0. The molecule has 0 aliphatic heterocycles. The summed E-state index contributed by atoms with van der Waals surface area (Å²) in [4.78, 5) is 12.1. The van der Waals surface area contributed by atoms with Gasteiger partial charge in [0.15, 0.2) is 0 Å². The molecule has 1 N–H and O–H groups in total. The molecule has 0 saturated heterocycles. The summed E-state index contributed by atoms with van der Waals surface area (Å²) >= 11 is 0. The van der Waals surface area contributed by atoms with Crippen LogP contribution in [0.5, 0.6) is 0 Å². The van der Waals surface area contributed by atoms with E-state index in [4.69, 9.17) is 6.42 Å². The Bertz CT molecular complexity index is 472. The van der Waals surface area contributed by atoms with Crippen molar-refractivity contribution in [3.05, 3.63) is 23.0 Å². The second kappa shape index (κ2) is 4.96. The van der Waals surface area contributed by atoms with E-state index in [1.54, 1.807) is 26.8 Å². The van der Waals surface area contributed by atoms with Gasteiger partial charge in [-0.15, -0.1) is 6.42 Å². The molecule has 0 fully saturated rings. The Morgan fingerprint density at radius 1 is 1.53 bits per heavy atom. The predicted molar refractivity (Wildman–Crippen MR) is 66.5 cm³/mol. The number of carbonyl (C=O) groups excluding carboxylic acids is 1. The Kier molecular flexibility index (Phi) is 3.84. The lowest BCUT2D eigenvalue weighted by Crippen LogP contribution is -2.42. The van der Waals surface area contributed by atoms with Crippen LogP contribution in [0, 0.1) is 19.3 Å². The Balaban J connectivity index is 3.04. The minimum absolute atomic E-state index is 0.206. The molecular formula is C13H17N3O. The fraction of sp³-hybridized carbons (Fsp3) is 0.462. The number of aryl methyl sites for hydroxylation is 2. The van der Waals surface area contributed by atoms with Crippen LogP contribution in [0.4, 0.5) is 0 Å². The van der Waals surface area contributed by atoms with Crippen LogP contribution in [0.1, 0.15) is 42.5 Å². The maximum atomic E-state index is 12.1. The Morgan fingerprint density at radius 3 is 2.71 bits per heavy atom.